The van der Waals surface area contributed by atoms with Crippen molar-refractivity contribution in [3.8, 4) is 0 Å². The fraction of sp³-hybridized carbons (Fsp3) is 0.545. The Hall–Kier alpha value is -1.69. The van der Waals surface area contributed by atoms with Gasteiger partial charge in [0.2, 0.25) is 0 Å². The molecule has 1 fully saturated rings. The molecule has 2 unspecified atom stereocenters. The number of rotatable bonds is 3. The number of hydrogen-bond acceptors (Lipinski definition) is 6. The third-order valence-corrected chi connectivity index (χ3v) is 2.96. The summed E-state index contributed by atoms with van der Waals surface area (Å²) in [6.45, 7) is 0. The largest absolute Gasteiger partial charge is 0.464 e. The third-order valence-electron chi connectivity index (χ3n) is 2.96. The smallest absolute Gasteiger partial charge is 0.358 e. The maximum absolute atomic E-state index is 11.2. The number of hydrogen-bond donors (Lipinski definition) is 2. The summed E-state index contributed by atoms with van der Waals surface area (Å²) in [7, 11) is 1.31. The van der Waals surface area contributed by atoms with Crippen molar-refractivity contribution in [1.82, 2.24) is 10.2 Å². The van der Waals surface area contributed by atoms with Crippen molar-refractivity contribution in [1.29, 1.82) is 0 Å². The van der Waals surface area contributed by atoms with Gasteiger partial charge in [0.25, 0.3) is 0 Å². The van der Waals surface area contributed by atoms with Crippen LogP contribution >= 0.6 is 0 Å². The Morgan fingerprint density at radius 2 is 2.29 bits per heavy atom. The van der Waals surface area contributed by atoms with Crippen LogP contribution in [-0.4, -0.2) is 35.4 Å². The molecular weight excluding hydrogens is 220 g/mol. The molecule has 0 bridgehead atoms. The summed E-state index contributed by atoms with van der Waals surface area (Å²) in [6.07, 6.45) is 3.21. The molecule has 0 radical (unpaired) electrons. The molecule has 6 nitrogen and oxygen atoms in total. The van der Waals surface area contributed by atoms with Crippen LogP contribution in [0.4, 0.5) is 5.82 Å². The SMILES string of the molecule is COC(=O)c1ccc(NC2CCCC2N)nn1. The number of carbonyl (C=O) groups is 1. The molecule has 2 rings (SSSR count). The molecule has 0 aliphatic heterocycles. The van der Waals surface area contributed by atoms with Crippen LogP contribution in [0.15, 0.2) is 12.1 Å². The van der Waals surface area contributed by atoms with Crippen LogP contribution in [0, 0.1) is 0 Å². The lowest BCUT2D eigenvalue weighted by molar-refractivity contribution is 0.0593. The van der Waals surface area contributed by atoms with Gasteiger partial charge in [0.05, 0.1) is 7.11 Å². The minimum atomic E-state index is -0.485. The van der Waals surface area contributed by atoms with Crippen molar-refractivity contribution >= 4 is 11.8 Å². The molecule has 0 amide bonds. The predicted molar refractivity (Wildman–Crippen MR) is 62.6 cm³/mol. The quantitative estimate of drug-likeness (QED) is 0.745. The summed E-state index contributed by atoms with van der Waals surface area (Å²) in [5.41, 5.74) is 6.14. The number of nitrogens with one attached hydrogen (secondary N) is 1. The number of nitrogens with two attached hydrogens (primary N) is 1. The maximum atomic E-state index is 11.2. The van der Waals surface area contributed by atoms with Crippen molar-refractivity contribution in [3.63, 3.8) is 0 Å². The van der Waals surface area contributed by atoms with E-state index in [4.69, 9.17) is 5.73 Å². The van der Waals surface area contributed by atoms with E-state index in [9.17, 15) is 4.79 Å². The van der Waals surface area contributed by atoms with Gasteiger partial charge >= 0.3 is 5.97 Å². The Morgan fingerprint density at radius 3 is 2.82 bits per heavy atom. The number of nitrogens with zero attached hydrogens (tertiary/aromatic N) is 2. The Kier molecular flexibility index (Phi) is 3.53. The molecule has 2 atom stereocenters. The van der Waals surface area contributed by atoms with E-state index in [1.807, 2.05) is 0 Å². The van der Waals surface area contributed by atoms with Gasteiger partial charge < -0.3 is 15.8 Å². The number of methoxy groups -OCH3 is 1. The van der Waals surface area contributed by atoms with Crippen LogP contribution in [0.1, 0.15) is 29.8 Å². The van der Waals surface area contributed by atoms with Crippen molar-refractivity contribution in [3.05, 3.63) is 17.8 Å². The second kappa shape index (κ2) is 5.09. The Morgan fingerprint density at radius 1 is 1.47 bits per heavy atom. The molecule has 1 aromatic rings. The lowest BCUT2D eigenvalue weighted by atomic mass is 10.2. The predicted octanol–water partition coefficient (Wildman–Crippen LogP) is 0.555. The van der Waals surface area contributed by atoms with Crippen LogP contribution in [0.5, 0.6) is 0 Å². The second-order valence-electron chi connectivity index (χ2n) is 4.14. The molecule has 1 aliphatic carbocycles. The van der Waals surface area contributed by atoms with E-state index in [1.54, 1.807) is 12.1 Å². The van der Waals surface area contributed by atoms with Crippen molar-refractivity contribution in [2.24, 2.45) is 5.73 Å². The lowest BCUT2D eigenvalue weighted by Crippen LogP contribution is -2.35. The fourth-order valence-electron chi connectivity index (χ4n) is 1.98. The molecular formula is C11H16N4O2. The molecule has 0 spiro atoms. The average molecular weight is 236 g/mol. The van der Waals surface area contributed by atoms with Gasteiger partial charge in [0.1, 0.15) is 5.82 Å². The highest BCUT2D eigenvalue weighted by atomic mass is 16.5. The number of aromatic nitrogens is 2. The van der Waals surface area contributed by atoms with Crippen LogP contribution in [0.2, 0.25) is 0 Å². The summed E-state index contributed by atoms with van der Waals surface area (Å²) >= 11 is 0. The number of ether oxygens (including phenoxy) is 1. The van der Waals surface area contributed by atoms with E-state index >= 15 is 0 Å². The highest BCUT2D eigenvalue weighted by molar-refractivity contribution is 5.86. The first-order chi connectivity index (χ1) is 8.20. The normalized spacial score (nSPS) is 23.4. The van der Waals surface area contributed by atoms with E-state index in [0.29, 0.717) is 5.82 Å². The van der Waals surface area contributed by atoms with Gasteiger partial charge in [0, 0.05) is 12.1 Å². The lowest BCUT2D eigenvalue weighted by Gasteiger charge is -2.17. The first kappa shape index (κ1) is 11.8. The van der Waals surface area contributed by atoms with Crippen LogP contribution in [0.25, 0.3) is 0 Å². The zero-order chi connectivity index (χ0) is 12.3. The van der Waals surface area contributed by atoms with Crippen LogP contribution in [-0.2, 0) is 4.74 Å². The minimum absolute atomic E-state index is 0.164. The maximum Gasteiger partial charge on any atom is 0.358 e. The molecule has 3 N–H and O–H groups in total. The standard InChI is InChI=1S/C11H16N4O2/c1-17-11(16)9-5-6-10(15-14-9)13-8-4-2-3-7(8)12/h5-8H,2-4,12H2,1H3,(H,13,15). The highest BCUT2D eigenvalue weighted by Crippen LogP contribution is 2.20. The molecule has 92 valence electrons. The third kappa shape index (κ3) is 2.71. The number of esters is 1. The van der Waals surface area contributed by atoms with E-state index in [0.717, 1.165) is 19.3 Å². The van der Waals surface area contributed by atoms with Crippen molar-refractivity contribution < 1.29 is 9.53 Å². The first-order valence-corrected chi connectivity index (χ1v) is 5.65. The minimum Gasteiger partial charge on any atom is -0.464 e. The molecule has 1 aromatic heterocycles. The Bertz CT molecular complexity index is 393. The van der Waals surface area contributed by atoms with Gasteiger partial charge in [-0.15, -0.1) is 10.2 Å². The molecule has 1 heterocycles. The summed E-state index contributed by atoms with van der Waals surface area (Å²) in [6, 6.07) is 3.71. The van der Waals surface area contributed by atoms with Gasteiger partial charge in [-0.25, -0.2) is 4.79 Å². The average Bonchev–Trinajstić information content (AvgIpc) is 2.75. The molecule has 1 aliphatic rings. The molecule has 1 saturated carbocycles. The number of anilines is 1. The highest BCUT2D eigenvalue weighted by Gasteiger charge is 2.23. The van der Waals surface area contributed by atoms with E-state index < -0.39 is 5.97 Å². The van der Waals surface area contributed by atoms with E-state index in [-0.39, 0.29) is 17.8 Å². The Labute approximate surface area is 99.6 Å². The van der Waals surface area contributed by atoms with Crippen LogP contribution < -0.4 is 11.1 Å². The zero-order valence-electron chi connectivity index (χ0n) is 9.72. The summed E-state index contributed by atoms with van der Waals surface area (Å²) in [5.74, 6) is 0.154. The molecule has 0 saturated heterocycles. The number of carbonyl (C=O) groups excluding carboxylic acids is 1. The summed E-state index contributed by atoms with van der Waals surface area (Å²) in [5, 5.41) is 10.9. The van der Waals surface area contributed by atoms with Gasteiger partial charge in [0.15, 0.2) is 5.69 Å². The van der Waals surface area contributed by atoms with Gasteiger partial charge in [-0.05, 0) is 31.4 Å². The van der Waals surface area contributed by atoms with Crippen molar-refractivity contribution in [2.75, 3.05) is 12.4 Å². The summed E-state index contributed by atoms with van der Waals surface area (Å²) < 4.78 is 4.54. The molecule has 0 aromatic carbocycles. The first-order valence-electron chi connectivity index (χ1n) is 5.65. The Balaban J connectivity index is 2.00. The summed E-state index contributed by atoms with van der Waals surface area (Å²) in [4.78, 5) is 11.2. The van der Waals surface area contributed by atoms with Gasteiger partial charge in [-0.2, -0.15) is 0 Å². The van der Waals surface area contributed by atoms with Gasteiger partial charge in [-0.1, -0.05) is 0 Å². The molecule has 17 heavy (non-hydrogen) atoms. The topological polar surface area (TPSA) is 90.1 Å². The van der Waals surface area contributed by atoms with Gasteiger partial charge in [-0.3, -0.25) is 0 Å². The monoisotopic (exact) mass is 236 g/mol. The van der Waals surface area contributed by atoms with Crippen molar-refractivity contribution in [2.45, 2.75) is 31.3 Å². The fourth-order valence-corrected chi connectivity index (χ4v) is 1.98. The molecule has 6 heteroatoms. The van der Waals surface area contributed by atoms with E-state index in [2.05, 4.69) is 20.3 Å². The second-order valence-corrected chi connectivity index (χ2v) is 4.14. The van der Waals surface area contributed by atoms with E-state index in [1.165, 1.54) is 7.11 Å². The zero-order valence-corrected chi connectivity index (χ0v) is 9.72. The van der Waals surface area contributed by atoms with Crippen LogP contribution in [0.3, 0.4) is 0 Å².